The number of allylic oxidation sites excluding steroid dienone is 6. The summed E-state index contributed by atoms with van der Waals surface area (Å²) in [4.78, 5) is 15.8. The zero-order valence-electron chi connectivity index (χ0n) is 11.3. The molecule has 0 bridgehead atoms. The van der Waals surface area contributed by atoms with Crippen molar-refractivity contribution in [2.24, 2.45) is 5.10 Å². The van der Waals surface area contributed by atoms with Gasteiger partial charge in [0, 0.05) is 4.88 Å². The fourth-order valence-corrected chi connectivity index (χ4v) is 2.07. The van der Waals surface area contributed by atoms with Gasteiger partial charge in [0.25, 0.3) is 0 Å². The van der Waals surface area contributed by atoms with E-state index in [1.165, 1.54) is 18.3 Å². The summed E-state index contributed by atoms with van der Waals surface area (Å²) in [7, 11) is 0. The second-order valence-electron chi connectivity index (χ2n) is 4.07. The Morgan fingerprint density at radius 3 is 2.81 bits per heavy atom. The van der Waals surface area contributed by atoms with E-state index in [2.05, 4.69) is 16.1 Å². The highest BCUT2D eigenvalue weighted by Gasteiger charge is 2.08. The molecule has 0 aliphatic heterocycles. The number of rotatable bonds is 2. The molecule has 0 fully saturated rings. The molecular weight excluding hydrogens is 288 g/mol. The fraction of sp³-hybridized carbons (Fsp3) is 0.133. The van der Waals surface area contributed by atoms with Gasteiger partial charge in [-0.15, -0.1) is 17.1 Å². The number of esters is 1. The van der Waals surface area contributed by atoms with Crippen LogP contribution >= 0.6 is 11.3 Å². The molecule has 2 rings (SSSR count). The quantitative estimate of drug-likeness (QED) is 0.364. The topological polar surface area (TPSA) is 66.1 Å². The highest BCUT2D eigenvalue weighted by atomic mass is 32.1. The van der Waals surface area contributed by atoms with E-state index in [4.69, 9.17) is 4.74 Å². The lowest BCUT2D eigenvalue weighted by Gasteiger charge is -2.09. The van der Waals surface area contributed by atoms with Crippen LogP contribution < -0.4 is 5.11 Å². The lowest BCUT2D eigenvalue weighted by Crippen LogP contribution is -2.03. The Morgan fingerprint density at radius 1 is 1.43 bits per heavy atom. The third-order valence-electron chi connectivity index (χ3n) is 2.51. The van der Waals surface area contributed by atoms with E-state index < -0.39 is 5.97 Å². The van der Waals surface area contributed by atoms with Crippen LogP contribution in [0.25, 0.3) is 4.95 Å². The SMILES string of the molecule is CC([O-])=C1C=CC(=N[N+]#CC(=O)OCc2cccs2)C=C1. The number of ether oxygens (including phenoxy) is 1. The third kappa shape index (κ3) is 4.75. The Kier molecular flexibility index (Phi) is 5.07. The standard InChI is InChI=1S/C15H12N2O3S/c1-11(18)12-4-6-13(7-5-12)17-16-9-15(19)20-10-14-3-2-8-21-14/h2-8H,10H2,1H3. The molecule has 0 unspecified atom stereocenters. The Bertz CT molecular complexity index is 679. The highest BCUT2D eigenvalue weighted by molar-refractivity contribution is 7.09. The van der Waals surface area contributed by atoms with Gasteiger partial charge in [-0.3, -0.25) is 0 Å². The van der Waals surface area contributed by atoms with Gasteiger partial charge in [0.1, 0.15) is 22.4 Å². The summed E-state index contributed by atoms with van der Waals surface area (Å²) < 4.78 is 4.94. The summed E-state index contributed by atoms with van der Waals surface area (Å²) in [5, 5.41) is 16.8. The molecule has 6 heteroatoms. The first-order valence-electron chi connectivity index (χ1n) is 6.12. The second kappa shape index (κ2) is 7.22. The van der Waals surface area contributed by atoms with Gasteiger partial charge < -0.3 is 9.84 Å². The predicted octanol–water partition coefficient (Wildman–Crippen LogP) is 2.24. The first kappa shape index (κ1) is 14.8. The van der Waals surface area contributed by atoms with Crippen molar-refractivity contribution in [3.63, 3.8) is 0 Å². The van der Waals surface area contributed by atoms with Crippen molar-refractivity contribution in [1.82, 2.24) is 0 Å². The maximum absolute atomic E-state index is 11.3. The molecule has 0 radical (unpaired) electrons. The lowest BCUT2D eigenvalue weighted by molar-refractivity contribution is -0.302. The van der Waals surface area contributed by atoms with Crippen LogP contribution in [0.15, 0.2) is 58.3 Å². The van der Waals surface area contributed by atoms with Crippen molar-refractivity contribution in [2.75, 3.05) is 0 Å². The zero-order chi connectivity index (χ0) is 15.1. The number of carbonyl (C=O) groups is 1. The van der Waals surface area contributed by atoms with Gasteiger partial charge in [-0.05, 0) is 29.2 Å². The largest absolute Gasteiger partial charge is 0.875 e. The van der Waals surface area contributed by atoms with E-state index in [1.54, 1.807) is 24.3 Å². The molecule has 1 aromatic heterocycles. The molecule has 0 atom stereocenters. The molecule has 0 spiro atoms. The molecule has 1 aliphatic carbocycles. The average molecular weight is 300 g/mol. The average Bonchev–Trinajstić information content (AvgIpc) is 2.99. The second-order valence-corrected chi connectivity index (χ2v) is 5.10. The van der Waals surface area contributed by atoms with Crippen molar-refractivity contribution < 1.29 is 14.6 Å². The van der Waals surface area contributed by atoms with Crippen LogP contribution in [0.4, 0.5) is 0 Å². The Balaban J connectivity index is 1.87. The first-order chi connectivity index (χ1) is 10.1. The molecule has 21 heavy (non-hydrogen) atoms. The van der Waals surface area contributed by atoms with Gasteiger partial charge in [-0.1, -0.05) is 25.1 Å². The molecule has 0 N–H and O–H groups in total. The van der Waals surface area contributed by atoms with Gasteiger partial charge in [0.2, 0.25) is 0 Å². The van der Waals surface area contributed by atoms with Gasteiger partial charge >= 0.3 is 12.0 Å². The molecule has 1 heterocycles. The monoisotopic (exact) mass is 300 g/mol. The minimum Gasteiger partial charge on any atom is -0.875 e. The predicted molar refractivity (Wildman–Crippen MR) is 79.8 cm³/mol. The molecule has 5 nitrogen and oxygen atoms in total. The van der Waals surface area contributed by atoms with Crippen LogP contribution in [0.5, 0.6) is 0 Å². The normalized spacial score (nSPS) is 12.6. The van der Waals surface area contributed by atoms with E-state index in [0.29, 0.717) is 11.3 Å². The minimum atomic E-state index is -0.674. The van der Waals surface area contributed by atoms with Gasteiger partial charge in [0.05, 0.1) is 0 Å². The first-order valence-corrected chi connectivity index (χ1v) is 7.00. The Morgan fingerprint density at radius 2 is 2.19 bits per heavy atom. The minimum absolute atomic E-state index is 0.0197. The number of carbonyl (C=O) groups excluding carboxylic acids is 1. The highest BCUT2D eigenvalue weighted by Crippen LogP contribution is 2.10. The smallest absolute Gasteiger partial charge is 0.464 e. The molecule has 0 aromatic carbocycles. The van der Waals surface area contributed by atoms with Crippen molar-refractivity contribution in [1.29, 1.82) is 0 Å². The van der Waals surface area contributed by atoms with E-state index in [-0.39, 0.29) is 12.4 Å². The summed E-state index contributed by atoms with van der Waals surface area (Å²) in [5.41, 5.74) is 1.12. The van der Waals surface area contributed by atoms with Crippen molar-refractivity contribution in [3.8, 4) is 6.07 Å². The number of thiophene rings is 1. The van der Waals surface area contributed by atoms with Gasteiger partial charge in [0.15, 0.2) is 0 Å². The molecule has 0 saturated heterocycles. The fourth-order valence-electron chi connectivity index (χ4n) is 1.45. The van der Waals surface area contributed by atoms with Gasteiger partial charge in [-0.25, -0.2) is 4.79 Å². The maximum Gasteiger partial charge on any atom is 0.464 e. The summed E-state index contributed by atoms with van der Waals surface area (Å²) in [6.45, 7) is 1.69. The van der Waals surface area contributed by atoms with E-state index >= 15 is 0 Å². The van der Waals surface area contributed by atoms with Gasteiger partial charge in [-0.2, -0.15) is 0 Å². The molecule has 0 amide bonds. The van der Waals surface area contributed by atoms with Crippen LogP contribution in [0.2, 0.25) is 0 Å². The number of nitrogens with zero attached hydrogens (tertiary/aromatic N) is 2. The van der Waals surface area contributed by atoms with Crippen LogP contribution in [-0.4, -0.2) is 11.7 Å². The van der Waals surface area contributed by atoms with Crippen molar-refractivity contribution in [2.45, 2.75) is 13.5 Å². The summed E-state index contributed by atoms with van der Waals surface area (Å²) in [6, 6.07) is 5.92. The van der Waals surface area contributed by atoms with Crippen molar-refractivity contribution in [3.05, 3.63) is 63.0 Å². The number of hydrogen-bond donors (Lipinski definition) is 0. The van der Waals surface area contributed by atoms with E-state index in [9.17, 15) is 9.90 Å². The lowest BCUT2D eigenvalue weighted by atomic mass is 10.1. The Labute approximate surface area is 126 Å². The summed E-state index contributed by atoms with van der Waals surface area (Å²) in [5.74, 6) is -0.693. The number of hydrogen-bond acceptors (Lipinski definition) is 5. The van der Waals surface area contributed by atoms with Crippen molar-refractivity contribution >= 4 is 23.0 Å². The Hall–Kier alpha value is -2.65. The van der Waals surface area contributed by atoms with Crippen LogP contribution in [0.3, 0.4) is 0 Å². The third-order valence-corrected chi connectivity index (χ3v) is 3.36. The molecule has 0 saturated carbocycles. The summed E-state index contributed by atoms with van der Waals surface area (Å²) in [6.07, 6.45) is 6.56. The van der Waals surface area contributed by atoms with Crippen LogP contribution in [0, 0.1) is 6.07 Å². The maximum atomic E-state index is 11.3. The molecule has 1 aliphatic rings. The van der Waals surface area contributed by atoms with Crippen LogP contribution in [-0.2, 0) is 16.1 Å². The van der Waals surface area contributed by atoms with E-state index in [0.717, 1.165) is 4.88 Å². The summed E-state index contributed by atoms with van der Waals surface area (Å²) >= 11 is 1.50. The van der Waals surface area contributed by atoms with E-state index in [1.807, 2.05) is 17.5 Å². The molecule has 106 valence electrons. The van der Waals surface area contributed by atoms with Crippen LogP contribution in [0.1, 0.15) is 11.8 Å². The molecular formula is C15H12N2O3S. The zero-order valence-corrected chi connectivity index (χ0v) is 12.1. The molecule has 1 aromatic rings.